The molecular weight excluding hydrogens is 260 g/mol. The van der Waals surface area contributed by atoms with Crippen molar-refractivity contribution in [1.82, 2.24) is 10.3 Å². The molecule has 0 fully saturated rings. The van der Waals surface area contributed by atoms with E-state index in [1.807, 2.05) is 44.6 Å². The average molecular weight is 277 g/mol. The second-order valence-electron chi connectivity index (χ2n) is 4.41. The molecule has 0 unspecified atom stereocenters. The highest BCUT2D eigenvalue weighted by atomic mass is 35.5. The van der Waals surface area contributed by atoms with Gasteiger partial charge in [0.2, 0.25) is 0 Å². The standard InChI is InChI=1S/C15H17ClN2O/c1-11-6-12(8-18-7-11)10-19-15-5-3-4-14(16)13(15)9-17-2/h3-8,17H,9-10H2,1-2H3. The van der Waals surface area contributed by atoms with E-state index in [0.717, 1.165) is 22.4 Å². The Morgan fingerprint density at radius 3 is 2.89 bits per heavy atom. The summed E-state index contributed by atoms with van der Waals surface area (Å²) in [6.07, 6.45) is 3.64. The maximum atomic E-state index is 6.18. The van der Waals surface area contributed by atoms with Crippen LogP contribution in [0.5, 0.6) is 5.75 Å². The third-order valence-electron chi connectivity index (χ3n) is 2.76. The van der Waals surface area contributed by atoms with Gasteiger partial charge < -0.3 is 10.1 Å². The van der Waals surface area contributed by atoms with Gasteiger partial charge in [0, 0.05) is 35.1 Å². The molecule has 1 N–H and O–H groups in total. The van der Waals surface area contributed by atoms with Gasteiger partial charge >= 0.3 is 0 Å². The van der Waals surface area contributed by atoms with Gasteiger partial charge in [-0.1, -0.05) is 17.7 Å². The van der Waals surface area contributed by atoms with Crippen LogP contribution in [0.3, 0.4) is 0 Å². The summed E-state index contributed by atoms with van der Waals surface area (Å²) >= 11 is 6.18. The van der Waals surface area contributed by atoms with Gasteiger partial charge in [0.25, 0.3) is 0 Å². The number of benzene rings is 1. The predicted octanol–water partition coefficient (Wildman–Crippen LogP) is 3.34. The van der Waals surface area contributed by atoms with Gasteiger partial charge in [0.05, 0.1) is 0 Å². The van der Waals surface area contributed by atoms with E-state index < -0.39 is 0 Å². The van der Waals surface area contributed by atoms with Crippen molar-refractivity contribution in [1.29, 1.82) is 0 Å². The molecule has 0 saturated carbocycles. The van der Waals surface area contributed by atoms with Crippen LogP contribution in [0.1, 0.15) is 16.7 Å². The largest absolute Gasteiger partial charge is 0.488 e. The predicted molar refractivity (Wildman–Crippen MR) is 77.5 cm³/mol. The summed E-state index contributed by atoms with van der Waals surface area (Å²) in [5.74, 6) is 0.809. The summed E-state index contributed by atoms with van der Waals surface area (Å²) < 4.78 is 5.85. The smallest absolute Gasteiger partial charge is 0.125 e. The van der Waals surface area contributed by atoms with Crippen LogP contribution in [-0.2, 0) is 13.2 Å². The second-order valence-corrected chi connectivity index (χ2v) is 4.81. The van der Waals surface area contributed by atoms with E-state index >= 15 is 0 Å². The topological polar surface area (TPSA) is 34.1 Å². The lowest BCUT2D eigenvalue weighted by atomic mass is 10.2. The molecule has 0 amide bonds. The fraction of sp³-hybridized carbons (Fsp3) is 0.267. The number of nitrogens with zero attached hydrogens (tertiary/aromatic N) is 1. The Morgan fingerprint density at radius 1 is 1.32 bits per heavy atom. The van der Waals surface area contributed by atoms with Crippen LogP contribution < -0.4 is 10.1 Å². The van der Waals surface area contributed by atoms with E-state index in [2.05, 4.69) is 16.4 Å². The summed E-state index contributed by atoms with van der Waals surface area (Å²) in [6.45, 7) is 3.19. The van der Waals surface area contributed by atoms with Crippen molar-refractivity contribution in [3.63, 3.8) is 0 Å². The molecule has 0 aliphatic heterocycles. The maximum Gasteiger partial charge on any atom is 0.125 e. The number of pyridine rings is 1. The summed E-state index contributed by atoms with van der Waals surface area (Å²) in [4.78, 5) is 4.15. The molecule has 2 aromatic rings. The fourth-order valence-corrected chi connectivity index (χ4v) is 2.11. The summed E-state index contributed by atoms with van der Waals surface area (Å²) in [5.41, 5.74) is 3.16. The molecule has 0 aliphatic carbocycles. The monoisotopic (exact) mass is 276 g/mol. The van der Waals surface area contributed by atoms with Gasteiger partial charge in [-0.2, -0.15) is 0 Å². The normalized spacial score (nSPS) is 10.5. The molecule has 1 aromatic carbocycles. The zero-order valence-corrected chi connectivity index (χ0v) is 11.9. The van der Waals surface area contributed by atoms with Crippen LogP contribution in [0.25, 0.3) is 0 Å². The number of aromatic nitrogens is 1. The highest BCUT2D eigenvalue weighted by Crippen LogP contribution is 2.26. The average Bonchev–Trinajstić information content (AvgIpc) is 2.40. The Kier molecular flexibility index (Phi) is 4.77. The Balaban J connectivity index is 2.13. The third-order valence-corrected chi connectivity index (χ3v) is 3.11. The summed E-state index contributed by atoms with van der Waals surface area (Å²) in [5, 5.41) is 3.81. The van der Waals surface area contributed by atoms with Crippen LogP contribution >= 0.6 is 11.6 Å². The summed E-state index contributed by atoms with van der Waals surface area (Å²) in [7, 11) is 1.89. The van der Waals surface area contributed by atoms with Crippen molar-refractivity contribution >= 4 is 11.6 Å². The van der Waals surface area contributed by atoms with Gasteiger partial charge in [0.15, 0.2) is 0 Å². The molecule has 1 heterocycles. The third kappa shape index (κ3) is 3.69. The van der Waals surface area contributed by atoms with Crippen molar-refractivity contribution in [2.75, 3.05) is 7.05 Å². The highest BCUT2D eigenvalue weighted by Gasteiger charge is 2.07. The van der Waals surface area contributed by atoms with E-state index in [1.165, 1.54) is 0 Å². The van der Waals surface area contributed by atoms with E-state index in [0.29, 0.717) is 18.2 Å². The molecule has 0 atom stereocenters. The van der Waals surface area contributed by atoms with Crippen molar-refractivity contribution in [2.45, 2.75) is 20.1 Å². The number of hydrogen-bond donors (Lipinski definition) is 1. The first-order chi connectivity index (χ1) is 9.20. The second kappa shape index (κ2) is 6.55. The lowest BCUT2D eigenvalue weighted by molar-refractivity contribution is 0.302. The molecule has 19 heavy (non-hydrogen) atoms. The maximum absolute atomic E-state index is 6.18. The SMILES string of the molecule is CNCc1c(Cl)cccc1OCc1cncc(C)c1. The van der Waals surface area contributed by atoms with E-state index in [1.54, 1.807) is 0 Å². The molecule has 0 radical (unpaired) electrons. The number of rotatable bonds is 5. The van der Waals surface area contributed by atoms with Crippen LogP contribution in [0.15, 0.2) is 36.7 Å². The Morgan fingerprint density at radius 2 is 2.16 bits per heavy atom. The first-order valence-corrected chi connectivity index (χ1v) is 6.54. The van der Waals surface area contributed by atoms with Gasteiger partial charge in [-0.15, -0.1) is 0 Å². The van der Waals surface area contributed by atoms with Gasteiger partial charge in [0.1, 0.15) is 12.4 Å². The Hall–Kier alpha value is -1.58. The van der Waals surface area contributed by atoms with Crippen molar-refractivity contribution in [2.24, 2.45) is 0 Å². The van der Waals surface area contributed by atoms with E-state index in [4.69, 9.17) is 16.3 Å². The number of aryl methyl sites for hydroxylation is 1. The van der Waals surface area contributed by atoms with Crippen LogP contribution in [0, 0.1) is 6.92 Å². The van der Waals surface area contributed by atoms with Crippen molar-refractivity contribution in [3.05, 3.63) is 58.4 Å². The van der Waals surface area contributed by atoms with Gasteiger partial charge in [-0.3, -0.25) is 4.98 Å². The number of nitrogens with one attached hydrogen (secondary N) is 1. The lowest BCUT2D eigenvalue weighted by Gasteiger charge is -2.12. The van der Waals surface area contributed by atoms with Crippen LogP contribution in [0.4, 0.5) is 0 Å². The molecule has 0 aliphatic rings. The van der Waals surface area contributed by atoms with Gasteiger partial charge in [-0.05, 0) is 37.7 Å². The number of hydrogen-bond acceptors (Lipinski definition) is 3. The first kappa shape index (κ1) is 13.8. The molecule has 0 bridgehead atoms. The minimum Gasteiger partial charge on any atom is -0.488 e. The molecule has 3 nitrogen and oxygen atoms in total. The zero-order chi connectivity index (χ0) is 13.7. The minimum absolute atomic E-state index is 0.492. The molecular formula is C15H17ClN2O. The molecule has 1 aromatic heterocycles. The zero-order valence-electron chi connectivity index (χ0n) is 11.1. The van der Waals surface area contributed by atoms with Crippen LogP contribution in [0.2, 0.25) is 5.02 Å². The molecule has 0 spiro atoms. The minimum atomic E-state index is 0.492. The van der Waals surface area contributed by atoms with Crippen LogP contribution in [-0.4, -0.2) is 12.0 Å². The summed E-state index contributed by atoms with van der Waals surface area (Å²) in [6, 6.07) is 7.76. The Bertz CT molecular complexity index is 558. The molecule has 2 rings (SSSR count). The number of halogens is 1. The van der Waals surface area contributed by atoms with Crippen molar-refractivity contribution in [3.8, 4) is 5.75 Å². The lowest BCUT2D eigenvalue weighted by Crippen LogP contribution is -2.08. The van der Waals surface area contributed by atoms with E-state index in [-0.39, 0.29) is 0 Å². The fourth-order valence-electron chi connectivity index (χ4n) is 1.88. The molecule has 4 heteroatoms. The molecule has 100 valence electrons. The number of ether oxygens (including phenoxy) is 1. The first-order valence-electron chi connectivity index (χ1n) is 6.16. The van der Waals surface area contributed by atoms with E-state index in [9.17, 15) is 0 Å². The highest BCUT2D eigenvalue weighted by molar-refractivity contribution is 6.31. The van der Waals surface area contributed by atoms with Gasteiger partial charge in [-0.25, -0.2) is 0 Å². The quantitative estimate of drug-likeness (QED) is 0.909. The Labute approximate surface area is 118 Å². The molecule has 0 saturated heterocycles. The van der Waals surface area contributed by atoms with Crippen molar-refractivity contribution < 1.29 is 4.74 Å².